The van der Waals surface area contributed by atoms with E-state index in [4.69, 9.17) is 5.73 Å². The maximum absolute atomic E-state index is 12.0. The number of hydrogen-bond donors (Lipinski definition) is 3. The molecule has 5 nitrogen and oxygen atoms in total. The number of carbonyl (C=O) groups excluding carboxylic acids is 2. The molecule has 1 aliphatic rings. The van der Waals surface area contributed by atoms with Gasteiger partial charge in [0.1, 0.15) is 0 Å². The van der Waals surface area contributed by atoms with E-state index < -0.39 is 0 Å². The normalized spacial score (nSPS) is 15.2. The van der Waals surface area contributed by atoms with Gasteiger partial charge in [0.05, 0.1) is 0 Å². The Bertz CT molecular complexity index is 514. The molecule has 0 saturated heterocycles. The Labute approximate surface area is 118 Å². The minimum atomic E-state index is -0.0470. The third-order valence-corrected chi connectivity index (χ3v) is 3.56. The Morgan fingerprint density at radius 2 is 2.25 bits per heavy atom. The number of anilines is 2. The molecule has 5 heteroatoms. The van der Waals surface area contributed by atoms with Gasteiger partial charge in [-0.1, -0.05) is 6.92 Å². The van der Waals surface area contributed by atoms with Crippen molar-refractivity contribution in [2.45, 2.75) is 32.6 Å². The molecular formula is C15H21N3O2. The van der Waals surface area contributed by atoms with Crippen LogP contribution in [0.5, 0.6) is 0 Å². The summed E-state index contributed by atoms with van der Waals surface area (Å²) in [6.07, 6.45) is 2.86. The minimum Gasteiger partial charge on any atom is -0.330 e. The number of rotatable bonds is 5. The zero-order chi connectivity index (χ0) is 14.5. The van der Waals surface area contributed by atoms with E-state index in [0.29, 0.717) is 19.4 Å². The fraction of sp³-hybridized carbons (Fsp3) is 0.467. The Morgan fingerprint density at radius 1 is 1.45 bits per heavy atom. The highest BCUT2D eigenvalue weighted by Gasteiger charge is 2.16. The second-order valence-corrected chi connectivity index (χ2v) is 5.24. The summed E-state index contributed by atoms with van der Waals surface area (Å²) in [5.74, 6) is 0.0113. The van der Waals surface area contributed by atoms with E-state index in [2.05, 4.69) is 10.6 Å². The summed E-state index contributed by atoms with van der Waals surface area (Å²) < 4.78 is 0. The molecule has 0 aromatic heterocycles. The minimum absolute atomic E-state index is 0.0123. The van der Waals surface area contributed by atoms with Crippen LogP contribution in [0.25, 0.3) is 0 Å². The van der Waals surface area contributed by atoms with E-state index in [-0.39, 0.29) is 17.7 Å². The maximum atomic E-state index is 12.0. The number of nitrogens with one attached hydrogen (secondary N) is 2. The molecule has 0 radical (unpaired) electrons. The van der Waals surface area contributed by atoms with Crippen molar-refractivity contribution in [3.8, 4) is 0 Å². The predicted octanol–water partition coefficient (Wildman–Crippen LogP) is 1.88. The highest BCUT2D eigenvalue weighted by atomic mass is 16.2. The number of benzene rings is 1. The van der Waals surface area contributed by atoms with Crippen LogP contribution in [0.1, 0.15) is 31.7 Å². The third-order valence-electron chi connectivity index (χ3n) is 3.56. The second-order valence-electron chi connectivity index (χ2n) is 5.24. The van der Waals surface area contributed by atoms with Crippen LogP contribution >= 0.6 is 0 Å². The summed E-state index contributed by atoms with van der Waals surface area (Å²) in [6, 6.07) is 5.59. The van der Waals surface area contributed by atoms with Crippen molar-refractivity contribution >= 4 is 23.2 Å². The lowest BCUT2D eigenvalue weighted by Crippen LogP contribution is -2.22. The van der Waals surface area contributed by atoms with Crippen LogP contribution in [-0.2, 0) is 16.0 Å². The highest BCUT2D eigenvalue weighted by Crippen LogP contribution is 2.26. The highest BCUT2D eigenvalue weighted by molar-refractivity contribution is 5.96. The molecule has 2 rings (SSSR count). The zero-order valence-electron chi connectivity index (χ0n) is 11.7. The summed E-state index contributed by atoms with van der Waals surface area (Å²) >= 11 is 0. The Balaban J connectivity index is 2.00. The van der Waals surface area contributed by atoms with Crippen LogP contribution < -0.4 is 16.4 Å². The summed E-state index contributed by atoms with van der Waals surface area (Å²) in [7, 11) is 0. The molecule has 1 aromatic carbocycles. The van der Waals surface area contributed by atoms with Gasteiger partial charge in [-0.15, -0.1) is 0 Å². The molecule has 0 saturated carbocycles. The fourth-order valence-corrected chi connectivity index (χ4v) is 2.28. The predicted molar refractivity (Wildman–Crippen MR) is 79.5 cm³/mol. The van der Waals surface area contributed by atoms with E-state index in [1.54, 1.807) is 0 Å². The Hall–Kier alpha value is -1.88. The Morgan fingerprint density at radius 3 is 3.00 bits per heavy atom. The van der Waals surface area contributed by atoms with Gasteiger partial charge in [0.25, 0.3) is 0 Å². The van der Waals surface area contributed by atoms with Crippen molar-refractivity contribution < 1.29 is 9.59 Å². The van der Waals surface area contributed by atoms with E-state index in [1.165, 1.54) is 0 Å². The molecule has 1 aliphatic heterocycles. The first-order valence-electron chi connectivity index (χ1n) is 7.04. The van der Waals surface area contributed by atoms with E-state index in [0.717, 1.165) is 29.8 Å². The van der Waals surface area contributed by atoms with Crippen molar-refractivity contribution in [2.75, 3.05) is 17.2 Å². The SMILES string of the molecule is CC(CCCN)C(=O)Nc1ccc2c(c1)CCC(=O)N2. The average Bonchev–Trinajstić information content (AvgIpc) is 2.44. The summed E-state index contributed by atoms with van der Waals surface area (Å²) in [5, 5.41) is 5.75. The second kappa shape index (κ2) is 6.52. The molecule has 4 N–H and O–H groups in total. The molecular weight excluding hydrogens is 254 g/mol. The van der Waals surface area contributed by atoms with Crippen molar-refractivity contribution in [3.05, 3.63) is 23.8 Å². The number of nitrogens with two attached hydrogens (primary N) is 1. The smallest absolute Gasteiger partial charge is 0.227 e. The molecule has 0 aliphatic carbocycles. The first-order chi connectivity index (χ1) is 9.60. The largest absolute Gasteiger partial charge is 0.330 e. The fourth-order valence-electron chi connectivity index (χ4n) is 2.28. The number of amides is 2. The molecule has 20 heavy (non-hydrogen) atoms. The van der Waals surface area contributed by atoms with Crippen LogP contribution in [0.3, 0.4) is 0 Å². The molecule has 1 aromatic rings. The molecule has 1 atom stereocenters. The van der Waals surface area contributed by atoms with Gasteiger partial charge in [-0.3, -0.25) is 9.59 Å². The topological polar surface area (TPSA) is 84.2 Å². The molecule has 0 spiro atoms. The first-order valence-corrected chi connectivity index (χ1v) is 7.04. The third kappa shape index (κ3) is 3.57. The summed E-state index contributed by atoms with van der Waals surface area (Å²) in [6.45, 7) is 2.51. The van der Waals surface area contributed by atoms with Crippen LogP contribution in [0.15, 0.2) is 18.2 Å². The van der Waals surface area contributed by atoms with Gasteiger partial charge >= 0.3 is 0 Å². The molecule has 108 valence electrons. The van der Waals surface area contributed by atoms with Gasteiger partial charge in [-0.2, -0.15) is 0 Å². The average molecular weight is 275 g/mol. The van der Waals surface area contributed by atoms with Gasteiger partial charge in [0.2, 0.25) is 11.8 Å². The molecule has 0 fully saturated rings. The number of aryl methyl sites for hydroxylation is 1. The van der Waals surface area contributed by atoms with Crippen LogP contribution in [-0.4, -0.2) is 18.4 Å². The lowest BCUT2D eigenvalue weighted by Gasteiger charge is -2.18. The first kappa shape index (κ1) is 14.5. The van der Waals surface area contributed by atoms with Crippen molar-refractivity contribution in [1.29, 1.82) is 0 Å². The van der Waals surface area contributed by atoms with E-state index in [1.807, 2.05) is 25.1 Å². The summed E-state index contributed by atoms with van der Waals surface area (Å²) in [5.41, 5.74) is 8.14. The molecule has 0 bridgehead atoms. The van der Waals surface area contributed by atoms with Gasteiger partial charge in [0, 0.05) is 23.7 Å². The van der Waals surface area contributed by atoms with Gasteiger partial charge < -0.3 is 16.4 Å². The maximum Gasteiger partial charge on any atom is 0.227 e. The van der Waals surface area contributed by atoms with Gasteiger partial charge in [-0.25, -0.2) is 0 Å². The van der Waals surface area contributed by atoms with Crippen molar-refractivity contribution in [1.82, 2.24) is 0 Å². The lowest BCUT2D eigenvalue weighted by molar-refractivity contribution is -0.119. The standard InChI is InChI=1S/C15H21N3O2/c1-10(3-2-8-16)15(20)17-12-5-6-13-11(9-12)4-7-14(19)18-13/h5-6,9-10H,2-4,7-8,16H2,1H3,(H,17,20)(H,18,19). The number of fused-ring (bicyclic) bond motifs is 1. The number of carbonyl (C=O) groups is 2. The molecule has 1 unspecified atom stereocenters. The van der Waals surface area contributed by atoms with E-state index >= 15 is 0 Å². The number of hydrogen-bond acceptors (Lipinski definition) is 3. The Kier molecular flexibility index (Phi) is 4.74. The van der Waals surface area contributed by atoms with Crippen LogP contribution in [0.4, 0.5) is 11.4 Å². The van der Waals surface area contributed by atoms with Crippen molar-refractivity contribution in [2.24, 2.45) is 11.7 Å². The van der Waals surface area contributed by atoms with Gasteiger partial charge in [-0.05, 0) is 49.6 Å². The van der Waals surface area contributed by atoms with Gasteiger partial charge in [0.15, 0.2) is 0 Å². The molecule has 1 heterocycles. The zero-order valence-corrected chi connectivity index (χ0v) is 11.7. The van der Waals surface area contributed by atoms with E-state index in [9.17, 15) is 9.59 Å². The summed E-state index contributed by atoms with van der Waals surface area (Å²) in [4.78, 5) is 23.3. The monoisotopic (exact) mass is 275 g/mol. The lowest BCUT2D eigenvalue weighted by atomic mass is 10.0. The molecule has 2 amide bonds. The van der Waals surface area contributed by atoms with Crippen molar-refractivity contribution in [3.63, 3.8) is 0 Å². The quantitative estimate of drug-likeness (QED) is 0.767. The van der Waals surface area contributed by atoms with Crippen LogP contribution in [0, 0.1) is 5.92 Å². The van der Waals surface area contributed by atoms with Crippen LogP contribution in [0.2, 0.25) is 0 Å².